The zero-order valence-electron chi connectivity index (χ0n) is 17.3. The van der Waals surface area contributed by atoms with Gasteiger partial charge in [0.25, 0.3) is 5.91 Å². The third-order valence-electron chi connectivity index (χ3n) is 6.41. The molecule has 1 atom stereocenters. The summed E-state index contributed by atoms with van der Waals surface area (Å²) in [5.74, 6) is 0.116. The number of hydrogen-bond donors (Lipinski definition) is 0. The predicted molar refractivity (Wildman–Crippen MR) is 121 cm³/mol. The quantitative estimate of drug-likeness (QED) is 0.570. The van der Waals surface area contributed by atoms with Crippen LogP contribution in [0.1, 0.15) is 78.6 Å². The number of thiazole rings is 2. The lowest BCUT2D eigenvalue weighted by atomic mass is 10.0. The largest absolute Gasteiger partial charge is 0.337 e. The van der Waals surface area contributed by atoms with Gasteiger partial charge in [-0.3, -0.25) is 14.1 Å². The molecule has 0 bridgehead atoms. The van der Waals surface area contributed by atoms with E-state index in [-0.39, 0.29) is 5.91 Å². The number of piperidine rings is 1. The molecular weight excluding hydrogens is 414 g/mol. The Labute approximate surface area is 185 Å². The van der Waals surface area contributed by atoms with Gasteiger partial charge in [-0.1, -0.05) is 25.7 Å². The highest BCUT2D eigenvalue weighted by atomic mass is 32.1. The first-order chi connectivity index (χ1) is 14.8. The molecule has 160 valence electrons. The van der Waals surface area contributed by atoms with Crippen LogP contribution in [0.2, 0.25) is 0 Å². The van der Waals surface area contributed by atoms with Crippen LogP contribution < -0.4 is 0 Å². The minimum atomic E-state index is 0.116. The molecule has 0 radical (unpaired) electrons. The lowest BCUT2D eigenvalue weighted by Gasteiger charge is -2.34. The monoisotopic (exact) mass is 443 g/mol. The van der Waals surface area contributed by atoms with Gasteiger partial charge in [0.15, 0.2) is 10.7 Å². The van der Waals surface area contributed by atoms with Gasteiger partial charge in [0.1, 0.15) is 5.01 Å². The molecule has 1 unspecified atom stereocenters. The van der Waals surface area contributed by atoms with E-state index in [2.05, 4.69) is 31.2 Å². The Morgan fingerprint density at radius 3 is 2.60 bits per heavy atom. The molecule has 3 aromatic rings. The topological polar surface area (TPSA) is 53.7 Å². The molecule has 1 amide bonds. The first-order valence-electron chi connectivity index (χ1n) is 11.2. The molecule has 0 saturated carbocycles. The Hall–Kier alpha value is -1.77. The first-order valence-corrected chi connectivity index (χ1v) is 12.9. The van der Waals surface area contributed by atoms with Crippen LogP contribution in [0.25, 0.3) is 4.96 Å². The molecular formula is C22H29N5OS2. The summed E-state index contributed by atoms with van der Waals surface area (Å²) in [6.45, 7) is 3.50. The van der Waals surface area contributed by atoms with E-state index < -0.39 is 0 Å². The van der Waals surface area contributed by atoms with Crippen LogP contribution in [0.5, 0.6) is 0 Å². The molecule has 0 aromatic carbocycles. The Kier molecular flexibility index (Phi) is 6.15. The van der Waals surface area contributed by atoms with Crippen LogP contribution in [-0.2, 0) is 6.54 Å². The van der Waals surface area contributed by atoms with Gasteiger partial charge < -0.3 is 4.90 Å². The van der Waals surface area contributed by atoms with Crippen molar-refractivity contribution in [2.45, 2.75) is 64.0 Å². The van der Waals surface area contributed by atoms with Crippen molar-refractivity contribution in [2.75, 3.05) is 19.6 Å². The predicted octanol–water partition coefficient (Wildman–Crippen LogP) is 4.99. The van der Waals surface area contributed by atoms with Gasteiger partial charge in [-0.25, -0.2) is 9.97 Å². The molecule has 2 aliphatic rings. The number of rotatable bonds is 4. The third-order valence-corrected chi connectivity index (χ3v) is 8.04. The first kappa shape index (κ1) is 20.2. The molecule has 0 aliphatic carbocycles. The van der Waals surface area contributed by atoms with Crippen molar-refractivity contribution in [3.63, 3.8) is 0 Å². The van der Waals surface area contributed by atoms with E-state index in [1.54, 1.807) is 22.7 Å². The highest BCUT2D eigenvalue weighted by molar-refractivity contribution is 7.15. The van der Waals surface area contributed by atoms with Crippen LogP contribution in [0, 0.1) is 0 Å². The highest BCUT2D eigenvalue weighted by Gasteiger charge is 2.30. The number of likely N-dealkylation sites (tertiary alicyclic amines) is 2. The Morgan fingerprint density at radius 1 is 1.00 bits per heavy atom. The molecule has 0 N–H and O–H groups in total. The molecule has 5 heterocycles. The molecule has 0 spiro atoms. The van der Waals surface area contributed by atoms with E-state index in [1.807, 2.05) is 11.1 Å². The summed E-state index contributed by atoms with van der Waals surface area (Å²) in [7, 11) is 0. The fourth-order valence-electron chi connectivity index (χ4n) is 4.81. The standard InChI is InChI=1S/C22H29N5OS2/c28-21(25-10-5-2-1-3-6-11-25)19-18(27-13-15-30-22(27)24-19)16-26-12-7-4-8-17(26)20-23-9-14-29-20/h9,13-15,17H,1-8,10-12,16H2. The SMILES string of the molecule is O=C(c1nc2sccn2c1CN1CCCCC1c1nccs1)N1CCCCCCC1. The summed E-state index contributed by atoms with van der Waals surface area (Å²) in [6.07, 6.45) is 13.5. The van der Waals surface area contributed by atoms with Crippen LogP contribution in [0.3, 0.4) is 0 Å². The smallest absolute Gasteiger partial charge is 0.274 e. The van der Waals surface area contributed by atoms with Gasteiger partial charge in [0, 0.05) is 42.8 Å². The van der Waals surface area contributed by atoms with Crippen LogP contribution >= 0.6 is 22.7 Å². The number of aromatic nitrogens is 3. The van der Waals surface area contributed by atoms with Crippen molar-refractivity contribution in [2.24, 2.45) is 0 Å². The van der Waals surface area contributed by atoms with Crippen LogP contribution in [0.15, 0.2) is 23.2 Å². The maximum absolute atomic E-state index is 13.5. The average molecular weight is 444 g/mol. The van der Waals surface area contributed by atoms with E-state index in [4.69, 9.17) is 4.98 Å². The number of carbonyl (C=O) groups excluding carboxylic acids is 1. The van der Waals surface area contributed by atoms with Gasteiger partial charge in [-0.15, -0.1) is 22.7 Å². The van der Waals surface area contributed by atoms with Gasteiger partial charge in [-0.2, -0.15) is 0 Å². The average Bonchev–Trinajstić information content (AvgIpc) is 3.47. The summed E-state index contributed by atoms with van der Waals surface area (Å²) in [5.41, 5.74) is 1.70. The summed E-state index contributed by atoms with van der Waals surface area (Å²) >= 11 is 3.35. The minimum Gasteiger partial charge on any atom is -0.337 e. The fraction of sp³-hybridized carbons (Fsp3) is 0.591. The second-order valence-corrected chi connectivity index (χ2v) is 10.2. The molecule has 2 saturated heterocycles. The number of nitrogens with zero attached hydrogens (tertiary/aromatic N) is 5. The molecule has 2 aliphatic heterocycles. The zero-order chi connectivity index (χ0) is 20.3. The number of hydrogen-bond acceptors (Lipinski definition) is 6. The molecule has 2 fully saturated rings. The van der Waals surface area contributed by atoms with Crippen molar-refractivity contribution < 1.29 is 4.79 Å². The van der Waals surface area contributed by atoms with Crippen LogP contribution in [0.4, 0.5) is 0 Å². The third kappa shape index (κ3) is 4.05. The lowest BCUT2D eigenvalue weighted by Crippen LogP contribution is -2.36. The second kappa shape index (κ2) is 9.16. The van der Waals surface area contributed by atoms with Crippen molar-refractivity contribution in [3.05, 3.63) is 39.5 Å². The Bertz CT molecular complexity index is 971. The van der Waals surface area contributed by atoms with E-state index in [0.29, 0.717) is 11.7 Å². The van der Waals surface area contributed by atoms with E-state index >= 15 is 0 Å². The molecule has 30 heavy (non-hydrogen) atoms. The lowest BCUT2D eigenvalue weighted by molar-refractivity contribution is 0.0732. The molecule has 6 nitrogen and oxygen atoms in total. The van der Waals surface area contributed by atoms with E-state index in [0.717, 1.165) is 56.1 Å². The van der Waals surface area contributed by atoms with Crippen LogP contribution in [-0.4, -0.2) is 49.7 Å². The zero-order valence-corrected chi connectivity index (χ0v) is 19.0. The summed E-state index contributed by atoms with van der Waals surface area (Å²) in [5, 5.41) is 5.32. The van der Waals surface area contributed by atoms with Gasteiger partial charge in [0.05, 0.1) is 11.7 Å². The number of carbonyl (C=O) groups is 1. The Morgan fingerprint density at radius 2 is 1.80 bits per heavy atom. The Balaban J connectivity index is 1.44. The number of fused-ring (bicyclic) bond motifs is 1. The van der Waals surface area contributed by atoms with Crippen molar-refractivity contribution in [1.82, 2.24) is 24.2 Å². The van der Waals surface area contributed by atoms with E-state index in [1.165, 1.54) is 37.1 Å². The fourth-order valence-corrected chi connectivity index (χ4v) is 6.35. The van der Waals surface area contributed by atoms with Gasteiger partial charge in [-0.05, 0) is 32.2 Å². The summed E-state index contributed by atoms with van der Waals surface area (Å²) in [6, 6.07) is 0.340. The minimum absolute atomic E-state index is 0.116. The number of amides is 1. The molecule has 8 heteroatoms. The second-order valence-electron chi connectivity index (χ2n) is 8.38. The van der Waals surface area contributed by atoms with Crippen molar-refractivity contribution >= 4 is 33.5 Å². The van der Waals surface area contributed by atoms with Crippen molar-refractivity contribution in [3.8, 4) is 0 Å². The maximum atomic E-state index is 13.5. The summed E-state index contributed by atoms with van der Waals surface area (Å²) in [4.78, 5) is 28.4. The number of imidazole rings is 1. The van der Waals surface area contributed by atoms with Gasteiger partial charge >= 0.3 is 0 Å². The highest BCUT2D eigenvalue weighted by Crippen LogP contribution is 2.34. The van der Waals surface area contributed by atoms with Crippen molar-refractivity contribution in [1.29, 1.82) is 0 Å². The maximum Gasteiger partial charge on any atom is 0.274 e. The van der Waals surface area contributed by atoms with E-state index in [9.17, 15) is 4.79 Å². The van der Waals surface area contributed by atoms with Gasteiger partial charge in [0.2, 0.25) is 0 Å². The molecule has 3 aromatic heterocycles. The molecule has 5 rings (SSSR count). The summed E-state index contributed by atoms with van der Waals surface area (Å²) < 4.78 is 2.13. The normalized spacial score (nSPS) is 21.6.